The SMILES string of the molecule is COCC(O)CN(C)c1ccc(CN)cc1. The molecule has 1 aromatic carbocycles. The first kappa shape index (κ1) is 13.0. The Morgan fingerprint density at radius 2 is 2.00 bits per heavy atom. The molecule has 3 N–H and O–H groups in total. The summed E-state index contributed by atoms with van der Waals surface area (Å²) in [5, 5.41) is 9.60. The van der Waals surface area contributed by atoms with Crippen molar-refractivity contribution in [3.63, 3.8) is 0 Å². The minimum atomic E-state index is -0.468. The fourth-order valence-electron chi connectivity index (χ4n) is 1.55. The van der Waals surface area contributed by atoms with Crippen LogP contribution in [-0.2, 0) is 11.3 Å². The van der Waals surface area contributed by atoms with Crippen molar-refractivity contribution >= 4 is 5.69 Å². The van der Waals surface area contributed by atoms with Gasteiger partial charge in [-0.05, 0) is 17.7 Å². The summed E-state index contributed by atoms with van der Waals surface area (Å²) in [6, 6.07) is 7.99. The predicted octanol–water partition coefficient (Wildman–Crippen LogP) is 0.589. The first-order valence-electron chi connectivity index (χ1n) is 5.34. The highest BCUT2D eigenvalue weighted by molar-refractivity contribution is 5.46. The van der Waals surface area contributed by atoms with Gasteiger partial charge < -0.3 is 20.5 Å². The number of methoxy groups -OCH3 is 1. The van der Waals surface area contributed by atoms with Crippen LogP contribution in [0.4, 0.5) is 5.69 Å². The van der Waals surface area contributed by atoms with Gasteiger partial charge in [-0.15, -0.1) is 0 Å². The minimum absolute atomic E-state index is 0.352. The first-order valence-corrected chi connectivity index (χ1v) is 5.34. The van der Waals surface area contributed by atoms with Crippen molar-refractivity contribution < 1.29 is 9.84 Å². The normalized spacial score (nSPS) is 12.5. The van der Waals surface area contributed by atoms with Crippen LogP contribution in [0.1, 0.15) is 5.56 Å². The third-order valence-corrected chi connectivity index (χ3v) is 2.46. The maximum absolute atomic E-state index is 9.60. The van der Waals surface area contributed by atoms with Gasteiger partial charge in [0.05, 0.1) is 12.7 Å². The average molecular weight is 224 g/mol. The summed E-state index contributed by atoms with van der Waals surface area (Å²) < 4.78 is 4.88. The van der Waals surface area contributed by atoms with Gasteiger partial charge in [0, 0.05) is 32.9 Å². The molecule has 0 saturated carbocycles. The molecule has 0 aliphatic rings. The molecule has 0 fully saturated rings. The molecule has 4 nitrogen and oxygen atoms in total. The van der Waals surface area contributed by atoms with Crippen molar-refractivity contribution in [2.24, 2.45) is 5.73 Å². The smallest absolute Gasteiger partial charge is 0.0947 e. The first-order chi connectivity index (χ1) is 7.67. The summed E-state index contributed by atoms with van der Waals surface area (Å²) in [4.78, 5) is 1.99. The second-order valence-electron chi connectivity index (χ2n) is 3.86. The van der Waals surface area contributed by atoms with E-state index in [0.29, 0.717) is 19.7 Å². The summed E-state index contributed by atoms with van der Waals surface area (Å²) in [5.41, 5.74) is 7.69. The zero-order chi connectivity index (χ0) is 12.0. The fraction of sp³-hybridized carbons (Fsp3) is 0.500. The predicted molar refractivity (Wildman–Crippen MR) is 65.5 cm³/mol. The molecule has 0 spiro atoms. The highest BCUT2D eigenvalue weighted by Gasteiger charge is 2.08. The molecular weight excluding hydrogens is 204 g/mol. The van der Waals surface area contributed by atoms with E-state index in [0.717, 1.165) is 11.3 Å². The minimum Gasteiger partial charge on any atom is -0.389 e. The second kappa shape index (κ2) is 6.48. The molecule has 4 heteroatoms. The fourth-order valence-corrected chi connectivity index (χ4v) is 1.55. The quantitative estimate of drug-likeness (QED) is 0.742. The third-order valence-electron chi connectivity index (χ3n) is 2.46. The zero-order valence-corrected chi connectivity index (χ0v) is 9.89. The third kappa shape index (κ3) is 3.81. The van der Waals surface area contributed by atoms with Crippen molar-refractivity contribution in [2.45, 2.75) is 12.6 Å². The van der Waals surface area contributed by atoms with E-state index in [4.69, 9.17) is 10.5 Å². The number of ether oxygens (including phenoxy) is 1. The summed E-state index contributed by atoms with van der Waals surface area (Å²) in [5.74, 6) is 0. The molecule has 0 aliphatic carbocycles. The van der Waals surface area contributed by atoms with Crippen LogP contribution >= 0.6 is 0 Å². The molecule has 1 rings (SSSR count). The molecule has 1 aromatic rings. The van der Waals surface area contributed by atoms with Crippen molar-refractivity contribution in [3.05, 3.63) is 29.8 Å². The molecule has 1 atom stereocenters. The number of anilines is 1. The monoisotopic (exact) mass is 224 g/mol. The van der Waals surface area contributed by atoms with Gasteiger partial charge in [-0.3, -0.25) is 0 Å². The molecule has 90 valence electrons. The number of benzene rings is 1. The Kier molecular flexibility index (Phi) is 5.25. The Morgan fingerprint density at radius 3 is 2.50 bits per heavy atom. The maximum atomic E-state index is 9.60. The van der Waals surface area contributed by atoms with E-state index >= 15 is 0 Å². The van der Waals surface area contributed by atoms with Crippen LogP contribution in [0, 0.1) is 0 Å². The second-order valence-corrected chi connectivity index (χ2v) is 3.86. The number of aliphatic hydroxyl groups excluding tert-OH is 1. The topological polar surface area (TPSA) is 58.7 Å². The highest BCUT2D eigenvalue weighted by atomic mass is 16.5. The van der Waals surface area contributed by atoms with Gasteiger partial charge in [0.1, 0.15) is 0 Å². The number of aliphatic hydroxyl groups is 1. The van der Waals surface area contributed by atoms with Gasteiger partial charge in [-0.1, -0.05) is 12.1 Å². The van der Waals surface area contributed by atoms with E-state index in [2.05, 4.69) is 0 Å². The molecular formula is C12H20N2O2. The van der Waals surface area contributed by atoms with Crippen LogP contribution in [0.5, 0.6) is 0 Å². The lowest BCUT2D eigenvalue weighted by Gasteiger charge is -2.22. The Morgan fingerprint density at radius 1 is 1.38 bits per heavy atom. The lowest BCUT2D eigenvalue weighted by molar-refractivity contribution is 0.0695. The van der Waals surface area contributed by atoms with Gasteiger partial charge in [0.25, 0.3) is 0 Å². The van der Waals surface area contributed by atoms with Gasteiger partial charge in [0.2, 0.25) is 0 Å². The Bertz CT molecular complexity index is 300. The van der Waals surface area contributed by atoms with Gasteiger partial charge in [-0.2, -0.15) is 0 Å². The highest BCUT2D eigenvalue weighted by Crippen LogP contribution is 2.13. The van der Waals surface area contributed by atoms with Crippen molar-refractivity contribution in [2.75, 3.05) is 32.2 Å². The summed E-state index contributed by atoms with van der Waals surface area (Å²) in [6.45, 7) is 1.46. The molecule has 0 saturated heterocycles. The lowest BCUT2D eigenvalue weighted by atomic mass is 10.2. The molecule has 0 amide bonds. The van der Waals surface area contributed by atoms with Crippen LogP contribution in [0.15, 0.2) is 24.3 Å². The maximum Gasteiger partial charge on any atom is 0.0947 e. The van der Waals surface area contributed by atoms with E-state index in [1.807, 2.05) is 36.2 Å². The molecule has 0 heterocycles. The van der Waals surface area contributed by atoms with Gasteiger partial charge >= 0.3 is 0 Å². The molecule has 0 aromatic heterocycles. The zero-order valence-electron chi connectivity index (χ0n) is 9.89. The average Bonchev–Trinajstić information content (AvgIpc) is 2.29. The summed E-state index contributed by atoms with van der Waals surface area (Å²) in [7, 11) is 3.52. The Hall–Kier alpha value is -1.10. The van der Waals surface area contributed by atoms with Crippen LogP contribution < -0.4 is 10.6 Å². The number of nitrogens with zero attached hydrogens (tertiary/aromatic N) is 1. The van der Waals surface area contributed by atoms with Gasteiger partial charge in [0.15, 0.2) is 0 Å². The van der Waals surface area contributed by atoms with Gasteiger partial charge in [-0.25, -0.2) is 0 Å². The molecule has 0 radical (unpaired) electrons. The number of hydrogen-bond acceptors (Lipinski definition) is 4. The molecule has 0 bridgehead atoms. The molecule has 0 aliphatic heterocycles. The Labute approximate surface area is 96.6 Å². The van der Waals surface area contributed by atoms with E-state index in [1.54, 1.807) is 7.11 Å². The largest absolute Gasteiger partial charge is 0.389 e. The molecule has 1 unspecified atom stereocenters. The molecule has 16 heavy (non-hydrogen) atoms. The number of nitrogens with two attached hydrogens (primary N) is 1. The van der Waals surface area contributed by atoms with Crippen LogP contribution in [0.25, 0.3) is 0 Å². The lowest BCUT2D eigenvalue weighted by Crippen LogP contribution is -2.31. The van der Waals surface area contributed by atoms with Crippen LogP contribution in [0.3, 0.4) is 0 Å². The van der Waals surface area contributed by atoms with E-state index in [9.17, 15) is 5.11 Å². The van der Waals surface area contributed by atoms with Crippen molar-refractivity contribution in [1.82, 2.24) is 0 Å². The van der Waals surface area contributed by atoms with Crippen LogP contribution in [-0.4, -0.2) is 38.5 Å². The Balaban J connectivity index is 2.55. The van der Waals surface area contributed by atoms with Crippen molar-refractivity contribution in [3.8, 4) is 0 Å². The summed E-state index contributed by atoms with van der Waals surface area (Å²) in [6.07, 6.45) is -0.468. The number of hydrogen-bond donors (Lipinski definition) is 2. The number of rotatable bonds is 6. The van der Waals surface area contributed by atoms with Crippen LogP contribution in [0.2, 0.25) is 0 Å². The van der Waals surface area contributed by atoms with E-state index in [1.165, 1.54) is 0 Å². The van der Waals surface area contributed by atoms with Crippen molar-refractivity contribution in [1.29, 1.82) is 0 Å². The summed E-state index contributed by atoms with van der Waals surface area (Å²) >= 11 is 0. The number of likely N-dealkylation sites (N-methyl/N-ethyl adjacent to an activating group) is 1. The standard InChI is InChI=1S/C12H20N2O2/c1-14(8-12(15)9-16-2)11-5-3-10(7-13)4-6-11/h3-6,12,15H,7-9,13H2,1-2H3. The van der Waals surface area contributed by atoms with E-state index < -0.39 is 6.10 Å². The van der Waals surface area contributed by atoms with E-state index in [-0.39, 0.29) is 0 Å².